The number of nitrogens with zero attached hydrogens (tertiary/aromatic N) is 2. The Morgan fingerprint density at radius 3 is 2.62 bits per heavy atom. The number of carbonyl (C=O) groups is 2. The number of hydrogen-bond donors (Lipinski definition) is 0. The number of fused-ring (bicyclic) bond motifs is 2. The number of anilines is 1. The van der Waals surface area contributed by atoms with E-state index in [2.05, 4.69) is 0 Å². The van der Waals surface area contributed by atoms with Crippen molar-refractivity contribution in [2.75, 3.05) is 17.2 Å². The topological polar surface area (TPSA) is 40.6 Å². The molecule has 1 fully saturated rings. The van der Waals surface area contributed by atoms with Gasteiger partial charge in [-0.3, -0.25) is 9.59 Å². The van der Waals surface area contributed by atoms with Crippen LogP contribution in [-0.4, -0.2) is 29.0 Å². The lowest BCUT2D eigenvalue weighted by Crippen LogP contribution is -2.50. The number of carbonyl (C=O) groups excluding carboxylic acids is 2. The van der Waals surface area contributed by atoms with Crippen LogP contribution in [0.15, 0.2) is 66.7 Å². The molecule has 4 nitrogen and oxygen atoms in total. The van der Waals surface area contributed by atoms with Crippen LogP contribution < -0.4 is 4.90 Å². The molecule has 5 rings (SSSR count). The zero-order valence-electron chi connectivity index (χ0n) is 17.3. The quantitative estimate of drug-likeness (QED) is 0.520. The van der Waals surface area contributed by atoms with Crippen LogP contribution in [0.2, 0.25) is 5.02 Å². The van der Waals surface area contributed by atoms with Crippen LogP contribution in [-0.2, 0) is 16.2 Å². The number of thioether (sulfide) groups is 1. The summed E-state index contributed by atoms with van der Waals surface area (Å²) in [5.74, 6) is -0.343. The first-order chi connectivity index (χ1) is 15.4. The fourth-order valence-electron chi connectivity index (χ4n) is 4.39. The van der Waals surface area contributed by atoms with Gasteiger partial charge < -0.3 is 9.80 Å². The van der Waals surface area contributed by atoms with Gasteiger partial charge in [0.15, 0.2) is 4.87 Å². The fourth-order valence-corrected chi connectivity index (χ4v) is 6.04. The highest BCUT2D eigenvalue weighted by Gasteiger charge is 2.59. The van der Waals surface area contributed by atoms with E-state index in [9.17, 15) is 14.0 Å². The summed E-state index contributed by atoms with van der Waals surface area (Å²) < 4.78 is 14.4. The Morgan fingerprint density at radius 1 is 1.12 bits per heavy atom. The number of aryl methyl sites for hydroxylation is 1. The molecule has 7 heteroatoms. The molecule has 0 aromatic heterocycles. The zero-order chi connectivity index (χ0) is 22.5. The van der Waals surface area contributed by atoms with Gasteiger partial charge in [0.25, 0.3) is 11.8 Å². The molecule has 2 amide bonds. The van der Waals surface area contributed by atoms with E-state index in [4.69, 9.17) is 11.6 Å². The first-order valence-electron chi connectivity index (χ1n) is 10.3. The minimum Gasteiger partial charge on any atom is -0.311 e. The summed E-state index contributed by atoms with van der Waals surface area (Å²) >= 11 is 7.74. The van der Waals surface area contributed by atoms with Crippen molar-refractivity contribution in [3.63, 3.8) is 0 Å². The van der Waals surface area contributed by atoms with Crippen LogP contribution >= 0.6 is 23.4 Å². The van der Waals surface area contributed by atoms with Gasteiger partial charge in [0, 0.05) is 28.4 Å². The van der Waals surface area contributed by atoms with E-state index in [1.165, 1.54) is 23.9 Å². The SMILES string of the molecule is Cc1ccc(C(=O)N2CCSC23C(=O)N(Cc2ccccc2Cl)c2ccc(F)cc23)cc1. The monoisotopic (exact) mass is 466 g/mol. The molecule has 0 radical (unpaired) electrons. The summed E-state index contributed by atoms with van der Waals surface area (Å²) in [4.78, 5) is 29.4. The van der Waals surface area contributed by atoms with Crippen molar-refractivity contribution in [1.82, 2.24) is 4.90 Å². The number of amides is 2. The zero-order valence-corrected chi connectivity index (χ0v) is 18.9. The molecule has 1 atom stereocenters. The molecule has 2 heterocycles. The molecule has 0 aliphatic carbocycles. The van der Waals surface area contributed by atoms with Crippen molar-refractivity contribution in [1.29, 1.82) is 0 Å². The summed E-state index contributed by atoms with van der Waals surface area (Å²) in [7, 11) is 0. The first kappa shape index (κ1) is 21.0. The van der Waals surface area contributed by atoms with E-state index < -0.39 is 10.7 Å². The third-order valence-corrected chi connectivity index (χ3v) is 7.77. The Bertz CT molecular complexity index is 1230. The smallest absolute Gasteiger partial charge is 0.268 e. The molecule has 0 saturated carbocycles. The highest BCUT2D eigenvalue weighted by atomic mass is 35.5. The lowest BCUT2D eigenvalue weighted by molar-refractivity contribution is -0.123. The van der Waals surface area contributed by atoms with Crippen LogP contribution in [0, 0.1) is 12.7 Å². The van der Waals surface area contributed by atoms with Crippen LogP contribution in [0.3, 0.4) is 0 Å². The number of hydrogen-bond acceptors (Lipinski definition) is 3. The lowest BCUT2D eigenvalue weighted by Gasteiger charge is -2.33. The van der Waals surface area contributed by atoms with Crippen molar-refractivity contribution in [2.24, 2.45) is 0 Å². The van der Waals surface area contributed by atoms with E-state index in [1.807, 2.05) is 37.3 Å². The second-order valence-corrected chi connectivity index (χ2v) is 9.65. The van der Waals surface area contributed by atoms with Crippen molar-refractivity contribution < 1.29 is 14.0 Å². The maximum absolute atomic E-state index is 14.4. The van der Waals surface area contributed by atoms with Crippen LogP contribution in [0.25, 0.3) is 0 Å². The molecule has 1 saturated heterocycles. The highest BCUT2D eigenvalue weighted by molar-refractivity contribution is 8.01. The third-order valence-electron chi connectivity index (χ3n) is 5.99. The second-order valence-electron chi connectivity index (χ2n) is 7.96. The Balaban J connectivity index is 1.60. The highest BCUT2D eigenvalue weighted by Crippen LogP contribution is 2.55. The largest absolute Gasteiger partial charge is 0.311 e. The Kier molecular flexibility index (Phi) is 5.22. The van der Waals surface area contributed by atoms with E-state index >= 15 is 0 Å². The molecular formula is C25H20ClFN2O2S. The van der Waals surface area contributed by atoms with Crippen LogP contribution in [0.1, 0.15) is 27.0 Å². The maximum atomic E-state index is 14.4. The molecular weight excluding hydrogens is 447 g/mol. The summed E-state index contributed by atoms with van der Waals surface area (Å²) in [5, 5.41) is 0.552. The fraction of sp³-hybridized carbons (Fsp3) is 0.200. The lowest BCUT2D eigenvalue weighted by atomic mass is 10.0. The summed E-state index contributed by atoms with van der Waals surface area (Å²) in [5.41, 5.74) is 3.45. The number of benzene rings is 3. The summed E-state index contributed by atoms with van der Waals surface area (Å²) in [6.45, 7) is 2.60. The molecule has 0 bridgehead atoms. The number of rotatable bonds is 3. The molecule has 3 aromatic rings. The molecule has 2 aliphatic rings. The van der Waals surface area contributed by atoms with E-state index in [0.717, 1.165) is 11.1 Å². The number of halogens is 2. The van der Waals surface area contributed by atoms with Crippen molar-refractivity contribution in [2.45, 2.75) is 18.3 Å². The van der Waals surface area contributed by atoms with Gasteiger partial charge >= 0.3 is 0 Å². The van der Waals surface area contributed by atoms with Crippen molar-refractivity contribution in [3.05, 3.63) is 99.8 Å². The van der Waals surface area contributed by atoms with Gasteiger partial charge in [-0.15, -0.1) is 11.8 Å². The molecule has 1 spiro atoms. The van der Waals surface area contributed by atoms with Gasteiger partial charge in [0.1, 0.15) is 5.82 Å². The van der Waals surface area contributed by atoms with Gasteiger partial charge in [-0.1, -0.05) is 47.5 Å². The van der Waals surface area contributed by atoms with Gasteiger partial charge in [-0.2, -0.15) is 0 Å². The van der Waals surface area contributed by atoms with Crippen LogP contribution in [0.5, 0.6) is 0 Å². The van der Waals surface area contributed by atoms with E-state index in [-0.39, 0.29) is 18.4 Å². The third kappa shape index (κ3) is 3.21. The van der Waals surface area contributed by atoms with Crippen molar-refractivity contribution in [3.8, 4) is 0 Å². The Hall–Kier alpha value is -2.83. The van der Waals surface area contributed by atoms with Crippen LogP contribution in [0.4, 0.5) is 10.1 Å². The Morgan fingerprint density at radius 2 is 1.88 bits per heavy atom. The first-order valence-corrected chi connectivity index (χ1v) is 11.7. The van der Waals surface area contributed by atoms with E-state index in [0.29, 0.717) is 34.1 Å². The maximum Gasteiger partial charge on any atom is 0.268 e. The standard InChI is InChI=1S/C25H20ClFN2O2S/c1-16-6-8-17(9-7-16)23(30)29-12-13-32-25(29)20-14-19(27)10-11-22(20)28(24(25)31)15-18-4-2-3-5-21(18)26/h2-11,14H,12-13,15H2,1H3. The minimum atomic E-state index is -1.29. The van der Waals surface area contributed by atoms with Gasteiger partial charge in [0.2, 0.25) is 0 Å². The predicted octanol–water partition coefficient (Wildman–Crippen LogP) is 5.38. The molecule has 162 valence electrons. The summed E-state index contributed by atoms with van der Waals surface area (Å²) in [6, 6.07) is 18.9. The molecule has 1 unspecified atom stereocenters. The average Bonchev–Trinajstić information content (AvgIpc) is 3.32. The summed E-state index contributed by atoms with van der Waals surface area (Å²) in [6.07, 6.45) is 0. The van der Waals surface area contributed by atoms with Crippen molar-refractivity contribution >= 4 is 40.9 Å². The molecule has 2 aliphatic heterocycles. The Labute approximate surface area is 195 Å². The normalized spacial score (nSPS) is 19.7. The van der Waals surface area contributed by atoms with Gasteiger partial charge in [0.05, 0.1) is 12.2 Å². The second kappa shape index (κ2) is 7.94. The average molecular weight is 467 g/mol. The predicted molar refractivity (Wildman–Crippen MR) is 125 cm³/mol. The van der Waals surface area contributed by atoms with Gasteiger partial charge in [-0.05, 0) is 48.9 Å². The molecule has 32 heavy (non-hydrogen) atoms. The minimum absolute atomic E-state index is 0.238. The molecule has 0 N–H and O–H groups in total. The van der Waals surface area contributed by atoms with Gasteiger partial charge in [-0.25, -0.2) is 4.39 Å². The van der Waals surface area contributed by atoms with E-state index in [1.54, 1.807) is 34.1 Å². The molecule has 3 aromatic carbocycles.